The second-order valence-electron chi connectivity index (χ2n) is 6.29. The van der Waals surface area contributed by atoms with E-state index < -0.39 is 0 Å². The number of nitrogen functional groups attached to an aromatic ring is 1. The van der Waals surface area contributed by atoms with Gasteiger partial charge in [-0.1, -0.05) is 36.4 Å². The van der Waals surface area contributed by atoms with Crippen molar-refractivity contribution >= 4 is 22.3 Å². The van der Waals surface area contributed by atoms with Crippen LogP contribution in [-0.4, -0.2) is 16.5 Å². The van der Waals surface area contributed by atoms with Gasteiger partial charge >= 0.3 is 0 Å². The van der Waals surface area contributed by atoms with Crippen molar-refractivity contribution in [2.75, 3.05) is 17.6 Å². The Labute approximate surface area is 150 Å². The van der Waals surface area contributed by atoms with E-state index in [4.69, 9.17) is 5.73 Å². The van der Waals surface area contributed by atoms with Gasteiger partial charge in [-0.05, 0) is 36.2 Å². The molecule has 5 nitrogen and oxygen atoms in total. The largest absolute Gasteiger partial charge is 0.399 e. The molecule has 0 aliphatic carbocycles. The Hall–Kier alpha value is -3.47. The Morgan fingerprint density at radius 2 is 1.85 bits per heavy atom. The molecule has 2 aromatic carbocycles. The molecule has 0 amide bonds. The molecule has 0 fully saturated rings. The van der Waals surface area contributed by atoms with E-state index in [0.717, 1.165) is 35.2 Å². The lowest BCUT2D eigenvalue weighted by Gasteiger charge is -2.10. The highest BCUT2D eigenvalue weighted by atomic mass is 16.1. The number of nitrogens with two attached hydrogens (primary N) is 1. The molecule has 0 aliphatic rings. The molecule has 5 N–H and O–H groups in total. The van der Waals surface area contributed by atoms with Gasteiger partial charge in [0.25, 0.3) is 5.56 Å². The van der Waals surface area contributed by atoms with Gasteiger partial charge in [-0.3, -0.25) is 4.79 Å². The maximum atomic E-state index is 12.5. The first-order valence-corrected chi connectivity index (χ1v) is 8.59. The molecule has 0 atom stereocenters. The zero-order valence-corrected chi connectivity index (χ0v) is 14.3. The summed E-state index contributed by atoms with van der Waals surface area (Å²) >= 11 is 0. The van der Waals surface area contributed by atoms with Crippen LogP contribution in [0.1, 0.15) is 5.56 Å². The minimum absolute atomic E-state index is 0.130. The van der Waals surface area contributed by atoms with E-state index in [0.29, 0.717) is 11.3 Å². The molecule has 0 radical (unpaired) electrons. The molecule has 0 spiro atoms. The number of hydrogen-bond donors (Lipinski definition) is 4. The SMILES string of the molecule is Nc1ccc2cc(-c3c(NCCc4ccccc4)cc[nH]c3=O)[nH]c2c1. The molecule has 130 valence electrons. The van der Waals surface area contributed by atoms with E-state index in [1.807, 2.05) is 48.5 Å². The van der Waals surface area contributed by atoms with E-state index in [9.17, 15) is 4.79 Å². The second kappa shape index (κ2) is 6.80. The van der Waals surface area contributed by atoms with Crippen molar-refractivity contribution < 1.29 is 0 Å². The third kappa shape index (κ3) is 3.19. The number of aromatic amines is 2. The van der Waals surface area contributed by atoms with Gasteiger partial charge in [-0.15, -0.1) is 0 Å². The molecule has 4 rings (SSSR count). The zero-order valence-electron chi connectivity index (χ0n) is 14.3. The molecule has 0 saturated carbocycles. The summed E-state index contributed by atoms with van der Waals surface area (Å²) in [5.41, 5.74) is 10.8. The Kier molecular flexibility index (Phi) is 4.19. The summed E-state index contributed by atoms with van der Waals surface area (Å²) in [6.45, 7) is 0.744. The molecule has 0 bridgehead atoms. The molecular formula is C21H20N4O. The highest BCUT2D eigenvalue weighted by Crippen LogP contribution is 2.28. The van der Waals surface area contributed by atoms with E-state index >= 15 is 0 Å². The average Bonchev–Trinajstić information content (AvgIpc) is 3.05. The third-order valence-corrected chi connectivity index (χ3v) is 4.45. The maximum absolute atomic E-state index is 12.5. The van der Waals surface area contributed by atoms with Gasteiger partial charge in [0.05, 0.1) is 16.9 Å². The molecule has 0 saturated heterocycles. The number of hydrogen-bond acceptors (Lipinski definition) is 3. The maximum Gasteiger partial charge on any atom is 0.259 e. The van der Waals surface area contributed by atoms with Crippen molar-refractivity contribution in [2.24, 2.45) is 0 Å². The van der Waals surface area contributed by atoms with Crippen LogP contribution in [-0.2, 0) is 6.42 Å². The van der Waals surface area contributed by atoms with Crippen molar-refractivity contribution in [1.82, 2.24) is 9.97 Å². The van der Waals surface area contributed by atoms with Gasteiger partial charge in [0, 0.05) is 29.3 Å². The lowest BCUT2D eigenvalue weighted by Crippen LogP contribution is -2.14. The second-order valence-corrected chi connectivity index (χ2v) is 6.29. The van der Waals surface area contributed by atoms with Gasteiger partial charge in [0.15, 0.2) is 0 Å². The van der Waals surface area contributed by atoms with E-state index in [-0.39, 0.29) is 5.56 Å². The first-order valence-electron chi connectivity index (χ1n) is 8.59. The van der Waals surface area contributed by atoms with Gasteiger partial charge in [0.1, 0.15) is 0 Å². The fourth-order valence-corrected chi connectivity index (χ4v) is 3.16. The first-order chi connectivity index (χ1) is 12.7. The van der Waals surface area contributed by atoms with E-state index in [2.05, 4.69) is 27.4 Å². The number of pyridine rings is 1. The fourth-order valence-electron chi connectivity index (χ4n) is 3.16. The van der Waals surface area contributed by atoms with Crippen LogP contribution in [0.5, 0.6) is 0 Å². The summed E-state index contributed by atoms with van der Waals surface area (Å²) < 4.78 is 0. The van der Waals surface area contributed by atoms with Crippen LogP contribution in [0, 0.1) is 0 Å². The van der Waals surface area contributed by atoms with Crippen molar-refractivity contribution in [3.8, 4) is 11.3 Å². The van der Waals surface area contributed by atoms with Crippen molar-refractivity contribution in [3.63, 3.8) is 0 Å². The Morgan fingerprint density at radius 1 is 1.00 bits per heavy atom. The highest BCUT2D eigenvalue weighted by Gasteiger charge is 2.12. The molecule has 5 heteroatoms. The number of rotatable bonds is 5. The van der Waals surface area contributed by atoms with Crippen LogP contribution in [0.3, 0.4) is 0 Å². The molecular weight excluding hydrogens is 324 g/mol. The van der Waals surface area contributed by atoms with Gasteiger partial charge in [-0.2, -0.15) is 0 Å². The molecule has 0 aliphatic heterocycles. The number of H-pyrrole nitrogens is 2. The summed E-state index contributed by atoms with van der Waals surface area (Å²) in [6.07, 6.45) is 2.55. The Balaban J connectivity index is 1.64. The van der Waals surface area contributed by atoms with Crippen LogP contribution < -0.4 is 16.6 Å². The van der Waals surface area contributed by atoms with Gasteiger partial charge < -0.3 is 21.0 Å². The van der Waals surface area contributed by atoms with E-state index in [1.54, 1.807) is 6.20 Å². The van der Waals surface area contributed by atoms with Crippen LogP contribution >= 0.6 is 0 Å². The molecule has 0 unspecified atom stereocenters. The van der Waals surface area contributed by atoms with E-state index in [1.165, 1.54) is 5.56 Å². The first kappa shape index (κ1) is 16.0. The predicted molar refractivity (Wildman–Crippen MR) is 107 cm³/mol. The summed E-state index contributed by atoms with van der Waals surface area (Å²) in [5.74, 6) is 0. The van der Waals surface area contributed by atoms with Gasteiger partial charge in [0.2, 0.25) is 0 Å². The summed E-state index contributed by atoms with van der Waals surface area (Å²) in [7, 11) is 0. The molecule has 2 aromatic heterocycles. The topological polar surface area (TPSA) is 86.7 Å². The minimum Gasteiger partial charge on any atom is -0.399 e. The smallest absolute Gasteiger partial charge is 0.259 e. The molecule has 4 aromatic rings. The quantitative estimate of drug-likeness (QED) is 0.416. The van der Waals surface area contributed by atoms with Crippen molar-refractivity contribution in [2.45, 2.75) is 6.42 Å². The number of fused-ring (bicyclic) bond motifs is 1. The molecule has 2 heterocycles. The lowest BCUT2D eigenvalue weighted by molar-refractivity contribution is 1.02. The number of aromatic nitrogens is 2. The number of anilines is 2. The van der Waals surface area contributed by atoms with Crippen LogP contribution in [0.15, 0.2) is 71.7 Å². The minimum atomic E-state index is -0.130. The molecule has 26 heavy (non-hydrogen) atoms. The Morgan fingerprint density at radius 3 is 2.69 bits per heavy atom. The summed E-state index contributed by atoms with van der Waals surface area (Å²) in [5, 5.41) is 4.41. The lowest BCUT2D eigenvalue weighted by atomic mass is 10.1. The number of nitrogens with one attached hydrogen (secondary N) is 3. The van der Waals surface area contributed by atoms with Crippen LogP contribution in [0.2, 0.25) is 0 Å². The number of benzene rings is 2. The monoisotopic (exact) mass is 344 g/mol. The zero-order chi connectivity index (χ0) is 17.9. The predicted octanol–water partition coefficient (Wildman–Crippen LogP) is 3.76. The summed E-state index contributed by atoms with van der Waals surface area (Å²) in [4.78, 5) is 18.5. The normalized spacial score (nSPS) is 10.9. The van der Waals surface area contributed by atoms with Crippen molar-refractivity contribution in [3.05, 3.63) is 82.8 Å². The van der Waals surface area contributed by atoms with Gasteiger partial charge in [-0.25, -0.2) is 0 Å². The Bertz CT molecular complexity index is 1100. The van der Waals surface area contributed by atoms with Crippen LogP contribution in [0.4, 0.5) is 11.4 Å². The summed E-state index contributed by atoms with van der Waals surface area (Å²) in [6, 6.07) is 19.8. The van der Waals surface area contributed by atoms with Crippen molar-refractivity contribution in [1.29, 1.82) is 0 Å². The van der Waals surface area contributed by atoms with Crippen LogP contribution in [0.25, 0.3) is 22.2 Å². The fraction of sp³-hybridized carbons (Fsp3) is 0.0952. The average molecular weight is 344 g/mol. The standard InChI is InChI=1S/C21H20N4O/c22-16-7-6-15-12-19(25-18(15)13-16)20-17(9-11-24-21(20)26)23-10-8-14-4-2-1-3-5-14/h1-7,9,11-13,25H,8,10,22H2,(H2,23,24,26). The third-order valence-electron chi connectivity index (χ3n) is 4.45. The highest BCUT2D eigenvalue weighted by molar-refractivity contribution is 5.90.